The highest BCUT2D eigenvalue weighted by Gasteiger charge is 1.99. The van der Waals surface area contributed by atoms with Gasteiger partial charge in [0, 0.05) is 11.0 Å². The number of hydrogen-bond acceptors (Lipinski definition) is 3. The summed E-state index contributed by atoms with van der Waals surface area (Å²) in [6.45, 7) is 2.77. The molecular formula is C14H15BrN2O. The molecule has 0 amide bonds. The molecule has 2 N–H and O–H groups in total. The van der Waals surface area contributed by atoms with E-state index < -0.39 is 0 Å². The number of halogens is 1. The van der Waals surface area contributed by atoms with E-state index >= 15 is 0 Å². The zero-order chi connectivity index (χ0) is 13.0. The summed E-state index contributed by atoms with van der Waals surface area (Å²) in [5.74, 6) is 0.863. The van der Waals surface area contributed by atoms with Crippen LogP contribution >= 0.6 is 15.9 Å². The van der Waals surface area contributed by atoms with Crippen molar-refractivity contribution >= 4 is 21.7 Å². The predicted octanol–water partition coefficient (Wildman–Crippen LogP) is 3.26. The van der Waals surface area contributed by atoms with Crippen molar-refractivity contribution in [2.75, 3.05) is 5.32 Å². The molecule has 18 heavy (non-hydrogen) atoms. The van der Waals surface area contributed by atoms with Crippen LogP contribution in [0.1, 0.15) is 16.8 Å². The molecule has 0 aliphatic carbocycles. The quantitative estimate of drug-likeness (QED) is 0.911. The lowest BCUT2D eigenvalue weighted by atomic mass is 10.1. The molecule has 0 aliphatic heterocycles. The van der Waals surface area contributed by atoms with Crippen molar-refractivity contribution in [3.05, 3.63) is 57.7 Å². The molecule has 2 aromatic rings. The zero-order valence-corrected chi connectivity index (χ0v) is 11.7. The molecule has 0 bridgehead atoms. The first-order valence-corrected chi connectivity index (χ1v) is 6.54. The Hall–Kier alpha value is -1.39. The minimum Gasteiger partial charge on any atom is -0.392 e. The van der Waals surface area contributed by atoms with Crippen LogP contribution in [0.25, 0.3) is 0 Å². The molecule has 0 spiro atoms. The number of hydrogen-bond donors (Lipinski definition) is 2. The van der Waals surface area contributed by atoms with Gasteiger partial charge in [0.15, 0.2) is 0 Å². The molecule has 1 aromatic heterocycles. The van der Waals surface area contributed by atoms with E-state index in [-0.39, 0.29) is 6.61 Å². The molecule has 3 nitrogen and oxygen atoms in total. The van der Waals surface area contributed by atoms with Crippen LogP contribution in [0.3, 0.4) is 0 Å². The normalized spacial score (nSPS) is 10.4. The minimum absolute atomic E-state index is 0.0845. The van der Waals surface area contributed by atoms with Crippen molar-refractivity contribution < 1.29 is 5.11 Å². The van der Waals surface area contributed by atoms with E-state index in [1.54, 1.807) is 0 Å². The highest BCUT2D eigenvalue weighted by atomic mass is 79.9. The van der Waals surface area contributed by atoms with Crippen LogP contribution in [-0.4, -0.2) is 10.1 Å². The third kappa shape index (κ3) is 3.31. The first-order chi connectivity index (χ1) is 8.69. The first-order valence-electron chi connectivity index (χ1n) is 5.75. The van der Waals surface area contributed by atoms with E-state index in [1.807, 2.05) is 43.3 Å². The van der Waals surface area contributed by atoms with E-state index in [1.165, 1.54) is 0 Å². The molecule has 94 valence electrons. The van der Waals surface area contributed by atoms with Crippen LogP contribution in [0.4, 0.5) is 5.82 Å². The van der Waals surface area contributed by atoms with Crippen molar-refractivity contribution in [3.63, 3.8) is 0 Å². The van der Waals surface area contributed by atoms with Gasteiger partial charge in [0.2, 0.25) is 0 Å². The van der Waals surface area contributed by atoms with Gasteiger partial charge in [-0.2, -0.15) is 0 Å². The SMILES string of the molecule is Cc1nc(NCc2ccc(CO)cc2)ccc1Br. The van der Waals surface area contributed by atoms with Gasteiger partial charge in [-0.15, -0.1) is 0 Å². The van der Waals surface area contributed by atoms with Crippen LogP contribution < -0.4 is 5.32 Å². The number of aryl methyl sites for hydroxylation is 1. The Morgan fingerprint density at radius 3 is 2.39 bits per heavy atom. The second-order valence-corrected chi connectivity index (χ2v) is 4.95. The number of pyridine rings is 1. The molecule has 0 saturated heterocycles. The highest BCUT2D eigenvalue weighted by Crippen LogP contribution is 2.16. The van der Waals surface area contributed by atoms with Crippen LogP contribution in [0.2, 0.25) is 0 Å². The topological polar surface area (TPSA) is 45.2 Å². The number of anilines is 1. The van der Waals surface area contributed by atoms with Gasteiger partial charge in [0.25, 0.3) is 0 Å². The Morgan fingerprint density at radius 2 is 1.78 bits per heavy atom. The Kier molecular flexibility index (Phi) is 4.33. The summed E-state index contributed by atoms with van der Waals surface area (Å²) >= 11 is 3.43. The van der Waals surface area contributed by atoms with Crippen molar-refractivity contribution in [1.82, 2.24) is 4.98 Å². The van der Waals surface area contributed by atoms with Crippen LogP contribution in [0.15, 0.2) is 40.9 Å². The largest absolute Gasteiger partial charge is 0.392 e. The van der Waals surface area contributed by atoms with Crippen LogP contribution in [0.5, 0.6) is 0 Å². The average Bonchev–Trinajstić information content (AvgIpc) is 2.41. The molecule has 1 aromatic carbocycles. The fourth-order valence-corrected chi connectivity index (χ4v) is 1.82. The van der Waals surface area contributed by atoms with Gasteiger partial charge in [0.05, 0.1) is 12.3 Å². The molecule has 4 heteroatoms. The summed E-state index contributed by atoms with van der Waals surface area (Å²) < 4.78 is 1.01. The van der Waals surface area contributed by atoms with Crippen molar-refractivity contribution in [2.24, 2.45) is 0 Å². The molecule has 0 radical (unpaired) electrons. The third-order valence-corrected chi connectivity index (χ3v) is 3.54. The molecule has 0 atom stereocenters. The van der Waals surface area contributed by atoms with Gasteiger partial charge in [-0.25, -0.2) is 4.98 Å². The van der Waals surface area contributed by atoms with E-state index in [4.69, 9.17) is 5.11 Å². The van der Waals surface area contributed by atoms with Crippen molar-refractivity contribution in [3.8, 4) is 0 Å². The summed E-state index contributed by atoms with van der Waals surface area (Å²) in [6.07, 6.45) is 0. The Bertz CT molecular complexity index is 526. The second-order valence-electron chi connectivity index (χ2n) is 4.09. The number of aliphatic hydroxyl groups is 1. The first kappa shape index (κ1) is 13.1. The lowest BCUT2D eigenvalue weighted by molar-refractivity contribution is 0.282. The smallest absolute Gasteiger partial charge is 0.126 e. The number of benzene rings is 1. The van der Waals surface area contributed by atoms with E-state index in [0.29, 0.717) is 0 Å². The number of aromatic nitrogens is 1. The highest BCUT2D eigenvalue weighted by molar-refractivity contribution is 9.10. The molecule has 0 fully saturated rings. The molecule has 1 heterocycles. The van der Waals surface area contributed by atoms with E-state index in [2.05, 4.69) is 26.2 Å². The maximum Gasteiger partial charge on any atom is 0.126 e. The van der Waals surface area contributed by atoms with Gasteiger partial charge in [0.1, 0.15) is 5.82 Å². The van der Waals surface area contributed by atoms with Gasteiger partial charge in [-0.05, 0) is 46.1 Å². The maximum atomic E-state index is 8.96. The number of nitrogens with zero attached hydrogens (tertiary/aromatic N) is 1. The monoisotopic (exact) mass is 306 g/mol. The van der Waals surface area contributed by atoms with Gasteiger partial charge in [-0.3, -0.25) is 0 Å². The van der Waals surface area contributed by atoms with Crippen LogP contribution in [-0.2, 0) is 13.2 Å². The Morgan fingerprint density at radius 1 is 1.11 bits per heavy atom. The summed E-state index contributed by atoms with van der Waals surface area (Å²) in [5.41, 5.74) is 3.06. The number of aliphatic hydroxyl groups excluding tert-OH is 1. The Labute approximate surface area is 115 Å². The molecular weight excluding hydrogens is 292 g/mol. The summed E-state index contributed by atoms with van der Waals surface area (Å²) in [7, 11) is 0. The summed E-state index contributed by atoms with van der Waals surface area (Å²) in [5, 5.41) is 12.2. The van der Waals surface area contributed by atoms with Gasteiger partial charge >= 0.3 is 0 Å². The van der Waals surface area contributed by atoms with E-state index in [9.17, 15) is 0 Å². The second kappa shape index (κ2) is 5.98. The summed E-state index contributed by atoms with van der Waals surface area (Å²) in [6, 6.07) is 11.8. The van der Waals surface area contributed by atoms with Crippen LogP contribution in [0, 0.1) is 6.92 Å². The zero-order valence-electron chi connectivity index (χ0n) is 10.2. The fraction of sp³-hybridized carbons (Fsp3) is 0.214. The molecule has 0 saturated carbocycles. The van der Waals surface area contributed by atoms with E-state index in [0.717, 1.165) is 33.7 Å². The maximum absolute atomic E-state index is 8.96. The summed E-state index contributed by atoms with van der Waals surface area (Å²) in [4.78, 5) is 4.42. The lowest BCUT2D eigenvalue weighted by Gasteiger charge is -2.07. The molecule has 0 aliphatic rings. The number of rotatable bonds is 4. The van der Waals surface area contributed by atoms with Crippen molar-refractivity contribution in [1.29, 1.82) is 0 Å². The predicted molar refractivity (Wildman–Crippen MR) is 76.4 cm³/mol. The Balaban J connectivity index is 1.99. The lowest BCUT2D eigenvalue weighted by Crippen LogP contribution is -2.02. The minimum atomic E-state index is 0.0845. The number of nitrogens with one attached hydrogen (secondary N) is 1. The van der Waals surface area contributed by atoms with Crippen molar-refractivity contribution in [2.45, 2.75) is 20.1 Å². The fourth-order valence-electron chi connectivity index (χ4n) is 1.60. The molecule has 2 rings (SSSR count). The standard InChI is InChI=1S/C14H15BrN2O/c1-10-13(15)6-7-14(17-10)16-8-11-2-4-12(9-18)5-3-11/h2-7,18H,8-9H2,1H3,(H,16,17). The third-order valence-electron chi connectivity index (χ3n) is 2.70. The molecule has 0 unspecified atom stereocenters. The van der Waals surface area contributed by atoms with Gasteiger partial charge < -0.3 is 10.4 Å². The average molecular weight is 307 g/mol. The van der Waals surface area contributed by atoms with Gasteiger partial charge in [-0.1, -0.05) is 24.3 Å².